The molecule has 2 rings (SSSR count). The van der Waals surface area contributed by atoms with Crippen LogP contribution in [-0.4, -0.2) is 48.1 Å². The minimum atomic E-state index is -1.22. The lowest BCUT2D eigenvalue weighted by Gasteiger charge is -2.36. The average Bonchev–Trinajstić information content (AvgIpc) is 2.47. The monoisotopic (exact) mass is 325 g/mol. The molecule has 10 heteroatoms. The summed E-state index contributed by atoms with van der Waals surface area (Å²) in [5, 5.41) is 11.7. The van der Waals surface area contributed by atoms with Crippen molar-refractivity contribution < 1.29 is 23.5 Å². The van der Waals surface area contributed by atoms with Crippen LogP contribution >= 0.6 is 0 Å². The van der Waals surface area contributed by atoms with E-state index in [1.54, 1.807) is 0 Å². The van der Waals surface area contributed by atoms with Crippen molar-refractivity contribution in [2.24, 2.45) is 5.11 Å². The van der Waals surface area contributed by atoms with E-state index in [1.165, 1.54) is 9.80 Å². The number of carbonyl (C=O) groups is 2. The number of amides is 1. The molecule has 0 spiro atoms. The Hall–Kier alpha value is -2.87. The largest absolute Gasteiger partial charge is 0.481 e. The maximum Gasteiger partial charge on any atom is 0.312 e. The quantitative estimate of drug-likeness (QED) is 0.395. The number of anilines is 1. The zero-order valence-corrected chi connectivity index (χ0v) is 11.9. The lowest BCUT2D eigenvalue weighted by Crippen LogP contribution is -2.49. The van der Waals surface area contributed by atoms with Gasteiger partial charge in [0.05, 0.1) is 0 Å². The third-order valence-electron chi connectivity index (χ3n) is 3.41. The fourth-order valence-electron chi connectivity index (χ4n) is 2.38. The summed E-state index contributed by atoms with van der Waals surface area (Å²) in [5.41, 5.74) is 7.86. The molecule has 0 aromatic heterocycles. The molecular weight excluding hydrogens is 312 g/mol. The van der Waals surface area contributed by atoms with Crippen molar-refractivity contribution in [2.75, 3.05) is 31.1 Å². The molecule has 8 nitrogen and oxygen atoms in total. The molecule has 122 valence electrons. The normalized spacial score (nSPS) is 14.3. The van der Waals surface area contributed by atoms with Crippen molar-refractivity contribution in [1.29, 1.82) is 0 Å². The van der Waals surface area contributed by atoms with E-state index in [4.69, 9.17) is 10.6 Å². The van der Waals surface area contributed by atoms with Crippen LogP contribution in [0.4, 0.5) is 20.2 Å². The molecule has 1 aliphatic rings. The first-order valence-corrected chi connectivity index (χ1v) is 6.71. The van der Waals surface area contributed by atoms with Gasteiger partial charge in [0, 0.05) is 36.8 Å². The van der Waals surface area contributed by atoms with E-state index in [2.05, 4.69) is 10.0 Å². The van der Waals surface area contributed by atoms with Gasteiger partial charge < -0.3 is 14.9 Å². The molecule has 1 N–H and O–H groups in total. The van der Waals surface area contributed by atoms with Gasteiger partial charge in [0.1, 0.15) is 23.7 Å². The van der Waals surface area contributed by atoms with Gasteiger partial charge in [-0.2, -0.15) is 0 Å². The first-order chi connectivity index (χ1) is 10.9. The van der Waals surface area contributed by atoms with E-state index < -0.39 is 29.9 Å². The van der Waals surface area contributed by atoms with Crippen LogP contribution in [-0.2, 0) is 9.59 Å². The summed E-state index contributed by atoms with van der Waals surface area (Å²) in [6.07, 6.45) is -0.608. The Morgan fingerprint density at radius 2 is 1.78 bits per heavy atom. The predicted octanol–water partition coefficient (Wildman–Crippen LogP) is 2.03. The number of rotatable bonds is 4. The van der Waals surface area contributed by atoms with Gasteiger partial charge in [-0.1, -0.05) is 5.11 Å². The molecule has 1 aromatic rings. The average molecular weight is 325 g/mol. The van der Waals surface area contributed by atoms with Gasteiger partial charge in [0.15, 0.2) is 0 Å². The zero-order chi connectivity index (χ0) is 17.0. The molecule has 1 amide bonds. The molecule has 1 saturated heterocycles. The van der Waals surface area contributed by atoms with Gasteiger partial charge in [-0.05, 0) is 17.7 Å². The second-order valence-corrected chi connectivity index (χ2v) is 4.89. The first-order valence-electron chi connectivity index (χ1n) is 6.71. The van der Waals surface area contributed by atoms with E-state index in [9.17, 15) is 18.4 Å². The highest BCUT2D eigenvalue weighted by atomic mass is 19.1. The number of halogens is 2. The number of aliphatic carboxylic acids is 1. The van der Waals surface area contributed by atoms with Crippen molar-refractivity contribution in [1.82, 2.24) is 4.90 Å². The Morgan fingerprint density at radius 1 is 1.22 bits per heavy atom. The standard InChI is InChI=1S/C13H13F2N5O3/c14-9-5-8(17-18-16)6-10(15)13(9)20-3-1-19(2-4-20)11(21)7-12(22)23/h5-6H,1-4,7H2,(H,22,23). The Morgan fingerprint density at radius 3 is 2.26 bits per heavy atom. The molecule has 0 unspecified atom stereocenters. The van der Waals surface area contributed by atoms with E-state index in [0.29, 0.717) is 0 Å². The molecule has 0 aliphatic carbocycles. The minimum Gasteiger partial charge on any atom is -0.481 e. The Bertz CT molecular complexity index is 659. The van der Waals surface area contributed by atoms with Crippen LogP contribution in [0.3, 0.4) is 0 Å². The predicted molar refractivity (Wildman–Crippen MR) is 76.2 cm³/mol. The number of azide groups is 1. The molecule has 1 heterocycles. The Labute approximate surface area is 129 Å². The molecule has 23 heavy (non-hydrogen) atoms. The van der Waals surface area contributed by atoms with Crippen LogP contribution in [0.15, 0.2) is 17.2 Å². The topological polar surface area (TPSA) is 110 Å². The summed E-state index contributed by atoms with van der Waals surface area (Å²) in [6.45, 7) is 0.673. The zero-order valence-electron chi connectivity index (χ0n) is 11.9. The van der Waals surface area contributed by atoms with Crippen molar-refractivity contribution in [3.8, 4) is 0 Å². The fraction of sp³-hybridized carbons (Fsp3) is 0.385. The van der Waals surface area contributed by atoms with Crippen LogP contribution in [0.2, 0.25) is 0 Å². The summed E-state index contributed by atoms with van der Waals surface area (Å²) in [7, 11) is 0. The highest BCUT2D eigenvalue weighted by molar-refractivity contribution is 5.93. The molecule has 1 fully saturated rings. The summed E-state index contributed by atoms with van der Waals surface area (Å²) in [5.74, 6) is -3.48. The third-order valence-corrected chi connectivity index (χ3v) is 3.41. The second-order valence-electron chi connectivity index (χ2n) is 4.89. The number of benzene rings is 1. The van der Waals surface area contributed by atoms with Crippen LogP contribution in [0.5, 0.6) is 0 Å². The maximum atomic E-state index is 14.0. The van der Waals surface area contributed by atoms with Gasteiger partial charge in [0.2, 0.25) is 5.91 Å². The summed E-state index contributed by atoms with van der Waals surface area (Å²) in [6, 6.07) is 1.86. The van der Waals surface area contributed by atoms with E-state index in [1.807, 2.05) is 0 Å². The molecule has 0 bridgehead atoms. The first kappa shape index (κ1) is 16.5. The van der Waals surface area contributed by atoms with Crippen molar-refractivity contribution >= 4 is 23.3 Å². The Balaban J connectivity index is 2.10. The van der Waals surface area contributed by atoms with E-state index >= 15 is 0 Å². The van der Waals surface area contributed by atoms with Gasteiger partial charge in [-0.25, -0.2) is 8.78 Å². The lowest BCUT2D eigenvalue weighted by atomic mass is 10.2. The lowest BCUT2D eigenvalue weighted by molar-refractivity contribution is -0.144. The molecule has 1 aromatic carbocycles. The Kier molecular flexibility index (Phi) is 4.97. The molecule has 1 aliphatic heterocycles. The highest BCUT2D eigenvalue weighted by Crippen LogP contribution is 2.29. The fourth-order valence-corrected chi connectivity index (χ4v) is 2.38. The van der Waals surface area contributed by atoms with Gasteiger partial charge >= 0.3 is 5.97 Å². The number of nitrogens with zero attached hydrogens (tertiary/aromatic N) is 5. The van der Waals surface area contributed by atoms with E-state index in [0.717, 1.165) is 12.1 Å². The maximum absolute atomic E-state index is 14.0. The number of hydrogen-bond donors (Lipinski definition) is 1. The number of carboxylic acids is 1. The second kappa shape index (κ2) is 6.93. The summed E-state index contributed by atoms with van der Waals surface area (Å²) < 4.78 is 28.0. The van der Waals surface area contributed by atoms with E-state index in [-0.39, 0.29) is 37.6 Å². The highest BCUT2D eigenvalue weighted by Gasteiger charge is 2.26. The SMILES string of the molecule is [N-]=[N+]=Nc1cc(F)c(N2CCN(C(=O)CC(=O)O)CC2)c(F)c1. The third kappa shape index (κ3) is 3.86. The smallest absolute Gasteiger partial charge is 0.312 e. The summed E-state index contributed by atoms with van der Waals surface area (Å²) in [4.78, 5) is 27.4. The summed E-state index contributed by atoms with van der Waals surface area (Å²) >= 11 is 0. The molecule has 0 radical (unpaired) electrons. The van der Waals surface area contributed by atoms with Crippen molar-refractivity contribution in [3.05, 3.63) is 34.2 Å². The van der Waals surface area contributed by atoms with Crippen LogP contribution < -0.4 is 4.90 Å². The van der Waals surface area contributed by atoms with Crippen molar-refractivity contribution in [2.45, 2.75) is 6.42 Å². The van der Waals surface area contributed by atoms with Gasteiger partial charge in [-0.15, -0.1) is 0 Å². The molecule has 0 saturated carbocycles. The number of piperazine rings is 1. The van der Waals surface area contributed by atoms with Crippen molar-refractivity contribution in [3.63, 3.8) is 0 Å². The molecular formula is C13H13F2N5O3. The van der Waals surface area contributed by atoms with Crippen LogP contribution in [0.25, 0.3) is 10.4 Å². The molecule has 0 atom stereocenters. The number of carbonyl (C=O) groups excluding carboxylic acids is 1. The van der Waals surface area contributed by atoms with Gasteiger partial charge in [-0.3, -0.25) is 9.59 Å². The number of carboxylic acid groups (broad SMARTS) is 1. The van der Waals surface area contributed by atoms with Crippen LogP contribution in [0.1, 0.15) is 6.42 Å². The number of hydrogen-bond acceptors (Lipinski definition) is 4. The minimum absolute atomic E-state index is 0.165. The van der Waals surface area contributed by atoms with Gasteiger partial charge in [0.25, 0.3) is 0 Å². The van der Waals surface area contributed by atoms with Crippen LogP contribution in [0, 0.1) is 11.6 Å².